The molecular weight excluding hydrogens is 198 g/mol. The van der Waals surface area contributed by atoms with Crippen LogP contribution in [0.5, 0.6) is 0 Å². The van der Waals surface area contributed by atoms with Crippen LogP contribution < -0.4 is 0 Å². The number of carbonyl (C=O) groups is 2. The van der Waals surface area contributed by atoms with Crippen molar-refractivity contribution in [1.29, 1.82) is 0 Å². The molecule has 1 fully saturated rings. The second-order valence-electron chi connectivity index (χ2n) is 3.50. The van der Waals surface area contributed by atoms with Gasteiger partial charge in [-0.1, -0.05) is 0 Å². The number of ketones is 1. The largest absolute Gasteiger partial charge is 0.469 e. The molecule has 0 aromatic heterocycles. The Hall–Kier alpha value is -0.940. The average molecular weight is 215 g/mol. The Morgan fingerprint density at radius 2 is 2.00 bits per heavy atom. The number of nitrogens with zero attached hydrogens (tertiary/aromatic N) is 1. The minimum Gasteiger partial charge on any atom is -0.469 e. The van der Waals surface area contributed by atoms with Crippen molar-refractivity contribution in [2.45, 2.75) is 12.8 Å². The molecule has 0 saturated carbocycles. The van der Waals surface area contributed by atoms with Gasteiger partial charge in [0, 0.05) is 26.1 Å². The number of esters is 1. The van der Waals surface area contributed by atoms with Gasteiger partial charge in [0.2, 0.25) is 0 Å². The van der Waals surface area contributed by atoms with E-state index >= 15 is 0 Å². The first-order chi connectivity index (χ1) is 7.22. The van der Waals surface area contributed by atoms with Crippen LogP contribution in [0.25, 0.3) is 0 Å². The van der Waals surface area contributed by atoms with E-state index in [9.17, 15) is 9.59 Å². The van der Waals surface area contributed by atoms with Gasteiger partial charge >= 0.3 is 5.97 Å². The number of ether oxygens (including phenoxy) is 2. The van der Waals surface area contributed by atoms with Crippen molar-refractivity contribution in [3.63, 3.8) is 0 Å². The zero-order chi connectivity index (χ0) is 11.1. The van der Waals surface area contributed by atoms with E-state index in [0.717, 1.165) is 26.3 Å². The molecule has 0 unspecified atom stereocenters. The number of methoxy groups -OCH3 is 1. The van der Waals surface area contributed by atoms with Crippen LogP contribution >= 0.6 is 0 Å². The Morgan fingerprint density at radius 1 is 1.33 bits per heavy atom. The lowest BCUT2D eigenvalue weighted by molar-refractivity contribution is -0.143. The van der Waals surface area contributed by atoms with Crippen molar-refractivity contribution in [3.8, 4) is 0 Å². The lowest BCUT2D eigenvalue weighted by atomic mass is 10.2. The molecule has 1 aliphatic heterocycles. The number of carbonyl (C=O) groups excluding carboxylic acids is 2. The fraction of sp³-hybridized carbons (Fsp3) is 0.800. The van der Waals surface area contributed by atoms with Gasteiger partial charge in [-0.05, 0) is 0 Å². The topological polar surface area (TPSA) is 55.8 Å². The van der Waals surface area contributed by atoms with Gasteiger partial charge in [0.05, 0.1) is 20.3 Å². The summed E-state index contributed by atoms with van der Waals surface area (Å²) in [5.41, 5.74) is 0. The summed E-state index contributed by atoms with van der Waals surface area (Å²) >= 11 is 0. The van der Waals surface area contributed by atoms with E-state index in [1.807, 2.05) is 0 Å². The first-order valence-corrected chi connectivity index (χ1v) is 5.11. The zero-order valence-corrected chi connectivity index (χ0v) is 9.03. The molecule has 1 rings (SSSR count). The minimum atomic E-state index is -0.457. The maximum atomic E-state index is 11.3. The maximum absolute atomic E-state index is 11.3. The normalized spacial score (nSPS) is 17.4. The number of Topliss-reactive ketones (excluding diaryl/α,β-unsaturated/α-hetero) is 1. The summed E-state index contributed by atoms with van der Waals surface area (Å²) in [7, 11) is 1.29. The minimum absolute atomic E-state index is 0.0617. The van der Waals surface area contributed by atoms with Gasteiger partial charge in [-0.15, -0.1) is 0 Å². The smallest absolute Gasteiger partial charge is 0.313 e. The number of hydrogen-bond acceptors (Lipinski definition) is 5. The van der Waals surface area contributed by atoms with Gasteiger partial charge in [-0.3, -0.25) is 14.5 Å². The highest BCUT2D eigenvalue weighted by atomic mass is 16.5. The number of hydrogen-bond donors (Lipinski definition) is 0. The molecule has 1 aliphatic rings. The van der Waals surface area contributed by atoms with Gasteiger partial charge in [0.1, 0.15) is 12.2 Å². The van der Waals surface area contributed by atoms with Crippen molar-refractivity contribution >= 4 is 11.8 Å². The van der Waals surface area contributed by atoms with Gasteiger partial charge in [0.25, 0.3) is 0 Å². The van der Waals surface area contributed by atoms with E-state index in [4.69, 9.17) is 4.74 Å². The molecule has 1 saturated heterocycles. The first-order valence-electron chi connectivity index (χ1n) is 5.11. The SMILES string of the molecule is COC(=O)CC(=O)CCN1CCOCC1. The van der Waals surface area contributed by atoms with Crippen molar-refractivity contribution in [1.82, 2.24) is 4.90 Å². The summed E-state index contributed by atoms with van der Waals surface area (Å²) in [6.07, 6.45) is 0.302. The Labute approximate surface area is 89.3 Å². The van der Waals surface area contributed by atoms with Gasteiger partial charge in [-0.25, -0.2) is 0 Å². The number of morpholine rings is 1. The van der Waals surface area contributed by atoms with Crippen LogP contribution in [-0.2, 0) is 19.1 Å². The highest BCUT2D eigenvalue weighted by Gasteiger charge is 2.14. The standard InChI is InChI=1S/C10H17NO4/c1-14-10(13)8-9(12)2-3-11-4-6-15-7-5-11/h2-8H2,1H3. The molecule has 0 spiro atoms. The van der Waals surface area contributed by atoms with E-state index in [1.165, 1.54) is 7.11 Å². The molecule has 0 N–H and O–H groups in total. The van der Waals surface area contributed by atoms with Crippen LogP contribution in [0.1, 0.15) is 12.8 Å². The summed E-state index contributed by atoms with van der Waals surface area (Å²) < 4.78 is 9.61. The van der Waals surface area contributed by atoms with Gasteiger partial charge < -0.3 is 9.47 Å². The maximum Gasteiger partial charge on any atom is 0.313 e. The zero-order valence-electron chi connectivity index (χ0n) is 9.03. The van der Waals surface area contributed by atoms with E-state index in [2.05, 4.69) is 9.64 Å². The van der Waals surface area contributed by atoms with E-state index in [1.54, 1.807) is 0 Å². The van der Waals surface area contributed by atoms with Crippen LogP contribution in [0, 0.1) is 0 Å². The molecule has 1 heterocycles. The molecule has 0 radical (unpaired) electrons. The van der Waals surface area contributed by atoms with Crippen LogP contribution in [0.4, 0.5) is 0 Å². The summed E-state index contributed by atoms with van der Waals surface area (Å²) in [6, 6.07) is 0. The highest BCUT2D eigenvalue weighted by Crippen LogP contribution is 2.00. The quantitative estimate of drug-likeness (QED) is 0.471. The summed E-state index contributed by atoms with van der Waals surface area (Å²) in [5.74, 6) is -0.518. The molecule has 15 heavy (non-hydrogen) atoms. The van der Waals surface area contributed by atoms with Crippen LogP contribution in [-0.4, -0.2) is 56.6 Å². The lowest BCUT2D eigenvalue weighted by Crippen LogP contribution is -2.37. The number of rotatable bonds is 5. The monoisotopic (exact) mass is 215 g/mol. The Bertz CT molecular complexity index is 223. The fourth-order valence-corrected chi connectivity index (χ4v) is 1.43. The van der Waals surface area contributed by atoms with E-state index in [0.29, 0.717) is 13.0 Å². The van der Waals surface area contributed by atoms with Gasteiger partial charge in [0.15, 0.2) is 0 Å². The predicted octanol–water partition coefficient (Wildman–Crippen LogP) is -0.159. The van der Waals surface area contributed by atoms with Crippen molar-refractivity contribution < 1.29 is 19.1 Å². The molecule has 86 valence electrons. The van der Waals surface area contributed by atoms with Crippen molar-refractivity contribution in [3.05, 3.63) is 0 Å². The third kappa shape index (κ3) is 4.90. The Kier molecular flexibility index (Phi) is 5.28. The molecule has 5 heteroatoms. The van der Waals surface area contributed by atoms with Gasteiger partial charge in [-0.2, -0.15) is 0 Å². The third-order valence-electron chi connectivity index (χ3n) is 2.38. The molecule has 0 bridgehead atoms. The predicted molar refractivity (Wildman–Crippen MR) is 53.5 cm³/mol. The molecular formula is C10H17NO4. The molecule has 0 atom stereocenters. The van der Waals surface area contributed by atoms with Crippen molar-refractivity contribution in [2.24, 2.45) is 0 Å². The molecule has 5 nitrogen and oxygen atoms in total. The van der Waals surface area contributed by atoms with E-state index in [-0.39, 0.29) is 12.2 Å². The second-order valence-corrected chi connectivity index (χ2v) is 3.50. The summed E-state index contributed by atoms with van der Waals surface area (Å²) in [6.45, 7) is 3.90. The lowest BCUT2D eigenvalue weighted by Gasteiger charge is -2.26. The first kappa shape index (κ1) is 12.1. The molecule has 0 aromatic rings. The third-order valence-corrected chi connectivity index (χ3v) is 2.38. The molecule has 0 aromatic carbocycles. The summed E-state index contributed by atoms with van der Waals surface area (Å²) in [5, 5.41) is 0. The highest BCUT2D eigenvalue weighted by molar-refractivity contribution is 5.95. The summed E-state index contributed by atoms with van der Waals surface area (Å²) in [4.78, 5) is 24.3. The van der Waals surface area contributed by atoms with Crippen LogP contribution in [0.2, 0.25) is 0 Å². The van der Waals surface area contributed by atoms with Crippen molar-refractivity contribution in [2.75, 3.05) is 40.0 Å². The molecule has 0 aliphatic carbocycles. The van der Waals surface area contributed by atoms with Crippen LogP contribution in [0.15, 0.2) is 0 Å². The Balaban J connectivity index is 2.12. The average Bonchev–Trinajstić information content (AvgIpc) is 2.27. The van der Waals surface area contributed by atoms with E-state index < -0.39 is 5.97 Å². The second kappa shape index (κ2) is 6.53. The molecule has 0 amide bonds. The van der Waals surface area contributed by atoms with Crippen LogP contribution in [0.3, 0.4) is 0 Å². The fourth-order valence-electron chi connectivity index (χ4n) is 1.43. The Morgan fingerprint density at radius 3 is 2.60 bits per heavy atom.